The summed E-state index contributed by atoms with van der Waals surface area (Å²) in [6, 6.07) is 12.0. The molecular weight excluding hydrogens is 236 g/mol. The lowest BCUT2D eigenvalue weighted by atomic mass is 10.1. The molecule has 0 radical (unpaired) electrons. The Labute approximate surface area is 113 Å². The van der Waals surface area contributed by atoms with Crippen molar-refractivity contribution in [3.05, 3.63) is 42.1 Å². The SMILES string of the molecule is Nc1cc(CN2CCCCC2)nn1-c1ccccc1. The molecule has 0 spiro atoms. The van der Waals surface area contributed by atoms with Crippen LogP contribution < -0.4 is 5.73 Å². The third-order valence-corrected chi connectivity index (χ3v) is 3.62. The van der Waals surface area contributed by atoms with Gasteiger partial charge in [-0.2, -0.15) is 5.10 Å². The van der Waals surface area contributed by atoms with Crippen molar-refractivity contribution >= 4 is 5.82 Å². The second kappa shape index (κ2) is 5.45. The molecule has 1 aliphatic heterocycles. The van der Waals surface area contributed by atoms with Crippen molar-refractivity contribution in [2.45, 2.75) is 25.8 Å². The fourth-order valence-corrected chi connectivity index (χ4v) is 2.65. The van der Waals surface area contributed by atoms with E-state index in [0.29, 0.717) is 5.82 Å². The zero-order valence-corrected chi connectivity index (χ0v) is 11.1. The lowest BCUT2D eigenvalue weighted by Crippen LogP contribution is -2.29. The first kappa shape index (κ1) is 12.2. The molecule has 1 fully saturated rings. The van der Waals surface area contributed by atoms with Crippen LogP contribution in [-0.4, -0.2) is 27.8 Å². The first-order chi connectivity index (χ1) is 9.33. The van der Waals surface area contributed by atoms with E-state index in [1.807, 2.05) is 41.1 Å². The van der Waals surface area contributed by atoms with Gasteiger partial charge < -0.3 is 5.73 Å². The second-order valence-corrected chi connectivity index (χ2v) is 5.14. The van der Waals surface area contributed by atoms with Crippen molar-refractivity contribution in [3.63, 3.8) is 0 Å². The summed E-state index contributed by atoms with van der Waals surface area (Å²) in [5.41, 5.74) is 8.14. The van der Waals surface area contributed by atoms with Gasteiger partial charge in [-0.25, -0.2) is 4.68 Å². The molecule has 1 aliphatic rings. The maximum Gasteiger partial charge on any atom is 0.127 e. The van der Waals surface area contributed by atoms with E-state index in [-0.39, 0.29) is 0 Å². The van der Waals surface area contributed by atoms with Gasteiger partial charge in [-0.1, -0.05) is 24.6 Å². The molecule has 0 saturated carbocycles. The van der Waals surface area contributed by atoms with Gasteiger partial charge in [-0.05, 0) is 38.1 Å². The molecular formula is C15H20N4. The minimum atomic E-state index is 0.707. The first-order valence-electron chi connectivity index (χ1n) is 6.95. The number of aromatic nitrogens is 2. The fourth-order valence-electron chi connectivity index (χ4n) is 2.65. The molecule has 0 amide bonds. The predicted octanol–water partition coefficient (Wildman–Crippen LogP) is 2.44. The highest BCUT2D eigenvalue weighted by molar-refractivity contribution is 5.42. The molecule has 2 aromatic rings. The Bertz CT molecular complexity index is 526. The van der Waals surface area contributed by atoms with Crippen LogP contribution in [0, 0.1) is 0 Å². The standard InChI is InChI=1S/C15H20N4/c16-15-11-13(12-18-9-5-2-6-10-18)17-19(15)14-7-3-1-4-8-14/h1,3-4,7-8,11H,2,5-6,9-10,12,16H2. The summed E-state index contributed by atoms with van der Waals surface area (Å²) in [6.45, 7) is 3.26. The van der Waals surface area contributed by atoms with Gasteiger partial charge in [0.15, 0.2) is 0 Å². The molecule has 0 bridgehead atoms. The Kier molecular flexibility index (Phi) is 3.51. The maximum absolute atomic E-state index is 6.06. The largest absolute Gasteiger partial charge is 0.384 e. The second-order valence-electron chi connectivity index (χ2n) is 5.14. The van der Waals surface area contributed by atoms with Crippen LogP contribution in [0.4, 0.5) is 5.82 Å². The number of hydrogen-bond acceptors (Lipinski definition) is 3. The van der Waals surface area contributed by atoms with Crippen LogP contribution in [0.2, 0.25) is 0 Å². The van der Waals surface area contributed by atoms with Crippen molar-refractivity contribution in [2.75, 3.05) is 18.8 Å². The monoisotopic (exact) mass is 256 g/mol. The number of nitrogens with two attached hydrogens (primary N) is 1. The number of benzene rings is 1. The van der Waals surface area contributed by atoms with Gasteiger partial charge in [0, 0.05) is 12.6 Å². The Morgan fingerprint density at radius 3 is 2.53 bits per heavy atom. The Balaban J connectivity index is 1.77. The summed E-state index contributed by atoms with van der Waals surface area (Å²) < 4.78 is 1.82. The lowest BCUT2D eigenvalue weighted by molar-refractivity contribution is 0.218. The van der Waals surface area contributed by atoms with E-state index in [0.717, 1.165) is 17.9 Å². The van der Waals surface area contributed by atoms with Crippen LogP contribution in [0.3, 0.4) is 0 Å². The zero-order chi connectivity index (χ0) is 13.1. The summed E-state index contributed by atoms with van der Waals surface area (Å²) in [6.07, 6.45) is 3.96. The summed E-state index contributed by atoms with van der Waals surface area (Å²) in [5, 5.41) is 4.62. The quantitative estimate of drug-likeness (QED) is 0.917. The molecule has 1 saturated heterocycles. The van der Waals surface area contributed by atoms with E-state index in [2.05, 4.69) is 10.00 Å². The van der Waals surface area contributed by atoms with Crippen LogP contribution in [0.5, 0.6) is 0 Å². The fraction of sp³-hybridized carbons (Fsp3) is 0.400. The van der Waals surface area contributed by atoms with Gasteiger partial charge >= 0.3 is 0 Å². The lowest BCUT2D eigenvalue weighted by Gasteiger charge is -2.25. The van der Waals surface area contributed by atoms with Crippen molar-refractivity contribution < 1.29 is 0 Å². The third-order valence-electron chi connectivity index (χ3n) is 3.62. The molecule has 1 aromatic heterocycles. The normalized spacial score (nSPS) is 16.6. The molecule has 1 aromatic carbocycles. The van der Waals surface area contributed by atoms with E-state index >= 15 is 0 Å². The van der Waals surface area contributed by atoms with Gasteiger partial charge in [0.1, 0.15) is 5.82 Å². The molecule has 0 unspecified atom stereocenters. The molecule has 4 heteroatoms. The number of piperidine rings is 1. The molecule has 2 heterocycles. The summed E-state index contributed by atoms with van der Waals surface area (Å²) in [5.74, 6) is 0.707. The highest BCUT2D eigenvalue weighted by Gasteiger charge is 2.13. The average Bonchev–Trinajstić information content (AvgIpc) is 2.82. The van der Waals surface area contributed by atoms with Crippen LogP contribution in [0.1, 0.15) is 25.0 Å². The number of hydrogen-bond donors (Lipinski definition) is 1. The van der Waals surface area contributed by atoms with Crippen LogP contribution in [0.15, 0.2) is 36.4 Å². The highest BCUT2D eigenvalue weighted by atomic mass is 15.3. The van der Waals surface area contributed by atoms with Gasteiger partial charge in [0.2, 0.25) is 0 Å². The number of rotatable bonds is 3. The van der Waals surface area contributed by atoms with Crippen molar-refractivity contribution in [3.8, 4) is 5.69 Å². The highest BCUT2D eigenvalue weighted by Crippen LogP contribution is 2.17. The number of likely N-dealkylation sites (tertiary alicyclic amines) is 1. The Morgan fingerprint density at radius 2 is 1.79 bits per heavy atom. The maximum atomic E-state index is 6.06. The van der Waals surface area contributed by atoms with E-state index in [9.17, 15) is 0 Å². The molecule has 19 heavy (non-hydrogen) atoms. The van der Waals surface area contributed by atoms with Crippen LogP contribution in [0.25, 0.3) is 5.69 Å². The van der Waals surface area contributed by atoms with Gasteiger partial charge in [-0.15, -0.1) is 0 Å². The molecule has 3 rings (SSSR count). The minimum absolute atomic E-state index is 0.707. The Morgan fingerprint density at radius 1 is 1.05 bits per heavy atom. The average molecular weight is 256 g/mol. The minimum Gasteiger partial charge on any atom is -0.384 e. The summed E-state index contributed by atoms with van der Waals surface area (Å²) in [4.78, 5) is 2.46. The van der Waals surface area contributed by atoms with E-state index < -0.39 is 0 Å². The number of nitrogens with zero attached hydrogens (tertiary/aromatic N) is 3. The smallest absolute Gasteiger partial charge is 0.127 e. The van der Waals surface area contributed by atoms with E-state index in [1.165, 1.54) is 32.4 Å². The number of anilines is 1. The van der Waals surface area contributed by atoms with Gasteiger partial charge in [-0.3, -0.25) is 4.90 Å². The number of nitrogen functional groups attached to an aromatic ring is 1. The molecule has 2 N–H and O–H groups in total. The molecule has 4 nitrogen and oxygen atoms in total. The molecule has 100 valence electrons. The zero-order valence-electron chi connectivity index (χ0n) is 11.1. The molecule has 0 atom stereocenters. The van der Waals surface area contributed by atoms with E-state index in [1.54, 1.807) is 0 Å². The van der Waals surface area contributed by atoms with Crippen molar-refractivity contribution in [1.82, 2.24) is 14.7 Å². The molecule has 0 aliphatic carbocycles. The van der Waals surface area contributed by atoms with Crippen LogP contribution in [-0.2, 0) is 6.54 Å². The summed E-state index contributed by atoms with van der Waals surface area (Å²) >= 11 is 0. The summed E-state index contributed by atoms with van der Waals surface area (Å²) in [7, 11) is 0. The predicted molar refractivity (Wildman–Crippen MR) is 77.1 cm³/mol. The topological polar surface area (TPSA) is 47.1 Å². The Hall–Kier alpha value is -1.81. The first-order valence-corrected chi connectivity index (χ1v) is 6.95. The van der Waals surface area contributed by atoms with Gasteiger partial charge in [0.05, 0.1) is 11.4 Å². The van der Waals surface area contributed by atoms with Gasteiger partial charge in [0.25, 0.3) is 0 Å². The third kappa shape index (κ3) is 2.79. The number of para-hydroxylation sites is 1. The van der Waals surface area contributed by atoms with Crippen molar-refractivity contribution in [1.29, 1.82) is 0 Å². The van der Waals surface area contributed by atoms with Crippen LogP contribution >= 0.6 is 0 Å². The van der Waals surface area contributed by atoms with Crippen molar-refractivity contribution in [2.24, 2.45) is 0 Å². The van der Waals surface area contributed by atoms with E-state index in [4.69, 9.17) is 5.73 Å².